The van der Waals surface area contributed by atoms with Gasteiger partial charge < -0.3 is 9.80 Å². The molecule has 1 fully saturated rings. The molecular weight excluding hydrogens is 412 g/mol. The lowest BCUT2D eigenvalue weighted by atomic mass is 10.2. The summed E-state index contributed by atoms with van der Waals surface area (Å²) < 4.78 is 0. The van der Waals surface area contributed by atoms with Gasteiger partial charge in [0.15, 0.2) is 5.82 Å². The summed E-state index contributed by atoms with van der Waals surface area (Å²) in [7, 11) is 0. The third-order valence-corrected chi connectivity index (χ3v) is 6.31. The van der Waals surface area contributed by atoms with E-state index in [9.17, 15) is 14.9 Å². The summed E-state index contributed by atoms with van der Waals surface area (Å²) in [5.74, 6) is 1.06. The fourth-order valence-electron chi connectivity index (χ4n) is 3.05. The minimum atomic E-state index is -0.407. The van der Waals surface area contributed by atoms with Gasteiger partial charge in [-0.05, 0) is 23.6 Å². The fraction of sp³-hybridized carbons (Fsp3) is 0.278. The number of nitrogens with zero attached hydrogens (tertiary/aromatic N) is 5. The van der Waals surface area contributed by atoms with Gasteiger partial charge in [-0.1, -0.05) is 17.8 Å². The number of thioether (sulfide) groups is 1. The number of non-ortho nitro benzene ring substituents is 1. The monoisotopic (exact) mass is 430 g/mol. The number of rotatable bonds is 6. The smallest absolute Gasteiger partial charge is 0.269 e. The van der Waals surface area contributed by atoms with Crippen LogP contribution in [0.4, 0.5) is 11.4 Å². The molecule has 2 aromatic heterocycles. The van der Waals surface area contributed by atoms with Crippen LogP contribution < -0.4 is 4.90 Å². The van der Waals surface area contributed by atoms with Crippen LogP contribution in [0.25, 0.3) is 10.7 Å². The zero-order valence-electron chi connectivity index (χ0n) is 15.4. The van der Waals surface area contributed by atoms with E-state index in [-0.39, 0.29) is 11.6 Å². The van der Waals surface area contributed by atoms with Gasteiger partial charge in [0.2, 0.25) is 11.1 Å². The minimum absolute atomic E-state index is 0.0563. The third kappa shape index (κ3) is 4.57. The minimum Gasteiger partial charge on any atom is -0.368 e. The first-order chi connectivity index (χ1) is 14.1. The number of carbonyl (C=O) groups is 1. The quantitative estimate of drug-likeness (QED) is 0.364. The van der Waals surface area contributed by atoms with E-state index in [1.54, 1.807) is 23.5 Å². The van der Waals surface area contributed by atoms with Gasteiger partial charge in [-0.3, -0.25) is 20.0 Å². The summed E-state index contributed by atoms with van der Waals surface area (Å²) in [6, 6.07) is 10.4. The highest BCUT2D eigenvalue weighted by atomic mass is 32.2. The van der Waals surface area contributed by atoms with Crippen molar-refractivity contribution >= 4 is 40.4 Å². The zero-order valence-corrected chi connectivity index (χ0v) is 17.0. The van der Waals surface area contributed by atoms with E-state index in [4.69, 9.17) is 0 Å². The molecule has 11 heteroatoms. The first-order valence-electron chi connectivity index (χ1n) is 8.96. The molecule has 1 saturated heterocycles. The molecule has 0 bridgehead atoms. The summed E-state index contributed by atoms with van der Waals surface area (Å²) in [4.78, 5) is 32.3. The molecule has 0 unspecified atom stereocenters. The molecule has 4 rings (SSSR count). The van der Waals surface area contributed by atoms with Crippen LogP contribution in [-0.2, 0) is 4.79 Å². The van der Waals surface area contributed by atoms with E-state index in [1.165, 1.54) is 23.9 Å². The van der Waals surface area contributed by atoms with Crippen molar-refractivity contribution in [3.8, 4) is 10.7 Å². The number of piperazine rings is 1. The summed E-state index contributed by atoms with van der Waals surface area (Å²) >= 11 is 2.91. The molecule has 1 amide bonds. The van der Waals surface area contributed by atoms with E-state index >= 15 is 0 Å². The number of anilines is 1. The molecule has 1 aliphatic heterocycles. The summed E-state index contributed by atoms with van der Waals surface area (Å²) in [5.41, 5.74) is 1.01. The van der Waals surface area contributed by atoms with Gasteiger partial charge in [-0.15, -0.1) is 16.4 Å². The number of carbonyl (C=O) groups excluding carboxylic acids is 1. The van der Waals surface area contributed by atoms with Crippen molar-refractivity contribution in [1.29, 1.82) is 0 Å². The molecule has 3 heterocycles. The van der Waals surface area contributed by atoms with E-state index in [0.29, 0.717) is 42.9 Å². The summed E-state index contributed by atoms with van der Waals surface area (Å²) in [5, 5.41) is 20.4. The maximum Gasteiger partial charge on any atom is 0.269 e. The number of hydrogen-bond donors (Lipinski definition) is 1. The molecule has 3 aromatic rings. The number of H-pyrrole nitrogens is 1. The number of nitro benzene ring substituents is 1. The molecule has 29 heavy (non-hydrogen) atoms. The van der Waals surface area contributed by atoms with Crippen LogP contribution in [0, 0.1) is 10.1 Å². The Labute approximate surface area is 174 Å². The lowest BCUT2D eigenvalue weighted by Crippen LogP contribution is -2.49. The SMILES string of the molecule is O=C(CSc1n[nH]c(-c2cccs2)n1)N1CCN(c2ccc([N+](=O)[O-])cc2)CC1. The molecule has 0 atom stereocenters. The number of nitrogens with one attached hydrogen (secondary N) is 1. The molecule has 0 radical (unpaired) electrons. The topological polar surface area (TPSA) is 108 Å². The molecule has 0 aliphatic carbocycles. The molecule has 150 valence electrons. The number of nitro groups is 1. The number of amides is 1. The van der Waals surface area contributed by atoms with Gasteiger partial charge in [-0.25, -0.2) is 4.98 Å². The molecule has 1 aromatic carbocycles. The second-order valence-corrected chi connectivity index (χ2v) is 8.26. The Kier molecular flexibility index (Phi) is 5.76. The molecule has 1 aliphatic rings. The van der Waals surface area contributed by atoms with Crippen molar-refractivity contribution < 1.29 is 9.72 Å². The number of benzene rings is 1. The van der Waals surface area contributed by atoms with Gasteiger partial charge in [-0.2, -0.15) is 0 Å². The molecular formula is C18H18N6O3S2. The van der Waals surface area contributed by atoms with Gasteiger partial charge in [0.25, 0.3) is 5.69 Å². The number of aromatic nitrogens is 3. The largest absolute Gasteiger partial charge is 0.368 e. The van der Waals surface area contributed by atoms with Crippen LogP contribution in [-0.4, -0.2) is 62.8 Å². The van der Waals surface area contributed by atoms with Crippen LogP contribution >= 0.6 is 23.1 Å². The maximum atomic E-state index is 12.5. The Morgan fingerprint density at radius 2 is 1.97 bits per heavy atom. The first kappa shape index (κ1) is 19.4. The standard InChI is InChI=1S/C18H18N6O3S2/c25-16(12-29-18-19-17(20-21-18)15-2-1-11-28-15)23-9-7-22(8-10-23)13-3-5-14(6-4-13)24(26)27/h1-6,11H,7-10,12H2,(H,19,20,21). The van der Waals surface area contributed by atoms with Crippen LogP contribution in [0.15, 0.2) is 46.9 Å². The Balaban J connectivity index is 1.26. The van der Waals surface area contributed by atoms with Gasteiger partial charge in [0.1, 0.15) is 0 Å². The van der Waals surface area contributed by atoms with Crippen molar-refractivity contribution in [3.05, 3.63) is 51.9 Å². The lowest BCUT2D eigenvalue weighted by Gasteiger charge is -2.36. The third-order valence-electron chi connectivity index (χ3n) is 4.60. The first-order valence-corrected chi connectivity index (χ1v) is 10.8. The second-order valence-electron chi connectivity index (χ2n) is 6.37. The Morgan fingerprint density at radius 1 is 1.21 bits per heavy atom. The van der Waals surface area contributed by atoms with Crippen molar-refractivity contribution in [2.24, 2.45) is 0 Å². The molecule has 0 spiro atoms. The number of thiophene rings is 1. The average molecular weight is 431 g/mol. The Morgan fingerprint density at radius 3 is 2.62 bits per heavy atom. The van der Waals surface area contributed by atoms with Crippen LogP contribution in [0.5, 0.6) is 0 Å². The van der Waals surface area contributed by atoms with Crippen LogP contribution in [0.2, 0.25) is 0 Å². The normalized spacial score (nSPS) is 14.2. The maximum absolute atomic E-state index is 12.5. The van der Waals surface area contributed by atoms with E-state index in [1.807, 2.05) is 22.4 Å². The fourth-order valence-corrected chi connectivity index (χ4v) is 4.42. The number of hydrogen-bond acceptors (Lipinski definition) is 8. The highest BCUT2D eigenvalue weighted by molar-refractivity contribution is 7.99. The lowest BCUT2D eigenvalue weighted by molar-refractivity contribution is -0.384. The van der Waals surface area contributed by atoms with Crippen molar-refractivity contribution in [2.45, 2.75) is 5.16 Å². The van der Waals surface area contributed by atoms with Gasteiger partial charge in [0, 0.05) is 44.0 Å². The highest BCUT2D eigenvalue weighted by Crippen LogP contribution is 2.24. The van der Waals surface area contributed by atoms with Crippen LogP contribution in [0.1, 0.15) is 0 Å². The predicted molar refractivity (Wildman–Crippen MR) is 112 cm³/mol. The average Bonchev–Trinajstić information content (AvgIpc) is 3.44. The van der Waals surface area contributed by atoms with E-state index in [2.05, 4.69) is 20.1 Å². The molecule has 9 nitrogen and oxygen atoms in total. The van der Waals surface area contributed by atoms with Gasteiger partial charge in [0.05, 0.1) is 15.6 Å². The predicted octanol–water partition coefficient (Wildman–Crippen LogP) is 2.88. The van der Waals surface area contributed by atoms with Crippen molar-refractivity contribution in [3.63, 3.8) is 0 Å². The number of aromatic amines is 1. The summed E-state index contributed by atoms with van der Waals surface area (Å²) in [6.07, 6.45) is 0. The van der Waals surface area contributed by atoms with E-state index in [0.717, 1.165) is 10.6 Å². The van der Waals surface area contributed by atoms with Crippen molar-refractivity contribution in [1.82, 2.24) is 20.1 Å². The Bertz CT molecular complexity index is 981. The van der Waals surface area contributed by atoms with Crippen molar-refractivity contribution in [2.75, 3.05) is 36.8 Å². The van der Waals surface area contributed by atoms with E-state index < -0.39 is 4.92 Å². The second kappa shape index (κ2) is 8.62. The zero-order chi connectivity index (χ0) is 20.2. The summed E-state index contributed by atoms with van der Waals surface area (Å²) in [6.45, 7) is 2.62. The van der Waals surface area contributed by atoms with Gasteiger partial charge >= 0.3 is 0 Å². The Hall–Kier alpha value is -2.92. The molecule has 0 saturated carbocycles. The van der Waals surface area contributed by atoms with Crippen LogP contribution in [0.3, 0.4) is 0 Å². The highest BCUT2D eigenvalue weighted by Gasteiger charge is 2.22. The molecule has 1 N–H and O–H groups in total.